The monoisotopic (exact) mass is 493 g/mol. The second-order valence-electron chi connectivity index (χ2n) is 8.05. The number of benzene rings is 1. The Labute approximate surface area is 212 Å². The van der Waals surface area contributed by atoms with Crippen LogP contribution in [0.4, 0.5) is 5.13 Å². The summed E-state index contributed by atoms with van der Waals surface area (Å²) in [6, 6.07) is 7.44. The van der Waals surface area contributed by atoms with E-state index in [1.165, 1.54) is 24.2 Å². The number of carbonyl (C=O) groups is 3. The molecule has 7 nitrogen and oxygen atoms in total. The first-order chi connectivity index (χ1) is 16.8. The number of nitrogens with zero attached hydrogens (tertiary/aromatic N) is 2. The number of nitrogens with one attached hydrogen (secondary N) is 2. The average molecular weight is 493 g/mol. The van der Waals surface area contributed by atoms with Crippen molar-refractivity contribution in [1.82, 2.24) is 14.8 Å². The Morgan fingerprint density at radius 1 is 1.09 bits per heavy atom. The minimum absolute atomic E-state index is 0.0250. The minimum atomic E-state index is -0.363. The summed E-state index contributed by atoms with van der Waals surface area (Å²) in [4.78, 5) is 40.8. The van der Waals surface area contributed by atoms with Gasteiger partial charge in [-0.3, -0.25) is 14.4 Å². The highest BCUT2D eigenvalue weighted by Gasteiger charge is 2.13. The highest BCUT2D eigenvalue weighted by Crippen LogP contribution is 2.27. The zero-order chi connectivity index (χ0) is 25.8. The second kappa shape index (κ2) is 14.3. The molecule has 2 heterocycles. The third-order valence-electron chi connectivity index (χ3n) is 5.24. The van der Waals surface area contributed by atoms with E-state index in [2.05, 4.69) is 36.4 Å². The topological polar surface area (TPSA) is 93.1 Å². The van der Waals surface area contributed by atoms with Gasteiger partial charge < -0.3 is 15.1 Å². The number of Topliss-reactive ketones (excluding diaryl/α,β-unsaturated/α-hetero) is 1. The van der Waals surface area contributed by atoms with Crippen molar-refractivity contribution in [2.24, 2.45) is 0 Å². The summed E-state index contributed by atoms with van der Waals surface area (Å²) >= 11 is 1.29. The van der Waals surface area contributed by atoms with Crippen LogP contribution in [-0.4, -0.2) is 41.0 Å². The molecule has 0 aliphatic carbocycles. The number of hydrogen-bond donors (Lipinski definition) is 2. The van der Waals surface area contributed by atoms with Crippen LogP contribution in [0.5, 0.6) is 0 Å². The molecule has 0 unspecified atom stereocenters. The van der Waals surface area contributed by atoms with Gasteiger partial charge in [0, 0.05) is 22.7 Å². The molecule has 2 aromatic heterocycles. The van der Waals surface area contributed by atoms with E-state index in [1.54, 1.807) is 29.9 Å². The molecule has 0 bridgehead atoms. The SMILES string of the molecule is CCCC.C[B]n1ccc(C(=O)NCC(=O)Nc2nc(-c3ccc(CCC)c(C(C)=O)c3)cs2)c1. The van der Waals surface area contributed by atoms with Crippen molar-refractivity contribution in [3.63, 3.8) is 0 Å². The van der Waals surface area contributed by atoms with Crippen LogP contribution in [0.15, 0.2) is 42.0 Å². The smallest absolute Gasteiger partial charge is 0.253 e. The van der Waals surface area contributed by atoms with E-state index in [4.69, 9.17) is 0 Å². The molecular weight excluding hydrogens is 459 g/mol. The Morgan fingerprint density at radius 2 is 1.83 bits per heavy atom. The van der Waals surface area contributed by atoms with Crippen LogP contribution in [-0.2, 0) is 11.2 Å². The first-order valence-electron chi connectivity index (χ1n) is 12.0. The van der Waals surface area contributed by atoms with E-state index in [9.17, 15) is 14.4 Å². The highest BCUT2D eigenvalue weighted by molar-refractivity contribution is 7.14. The molecule has 35 heavy (non-hydrogen) atoms. The Balaban J connectivity index is 0.00000100. The first-order valence-corrected chi connectivity index (χ1v) is 12.9. The summed E-state index contributed by atoms with van der Waals surface area (Å²) < 4.78 is 1.76. The molecule has 0 saturated carbocycles. The summed E-state index contributed by atoms with van der Waals surface area (Å²) in [6.45, 7) is 9.71. The number of unbranched alkanes of at least 4 members (excludes halogenated alkanes) is 1. The lowest BCUT2D eigenvalue weighted by atomic mass is 9.97. The lowest BCUT2D eigenvalue weighted by Gasteiger charge is -2.08. The van der Waals surface area contributed by atoms with E-state index in [-0.39, 0.29) is 24.1 Å². The predicted octanol–water partition coefficient (Wildman–Crippen LogP) is 5.46. The number of rotatable bonds is 10. The number of ketones is 1. The summed E-state index contributed by atoms with van der Waals surface area (Å²) in [5, 5.41) is 7.56. The first kappa shape index (κ1) is 28.0. The summed E-state index contributed by atoms with van der Waals surface area (Å²) in [6.07, 6.45) is 7.90. The van der Waals surface area contributed by atoms with Crippen LogP contribution in [0.25, 0.3) is 11.3 Å². The van der Waals surface area contributed by atoms with Gasteiger partial charge in [-0.2, -0.15) is 0 Å². The third kappa shape index (κ3) is 8.51. The third-order valence-corrected chi connectivity index (χ3v) is 6.00. The van der Waals surface area contributed by atoms with Crippen LogP contribution >= 0.6 is 11.3 Å². The highest BCUT2D eigenvalue weighted by atomic mass is 32.1. The summed E-state index contributed by atoms with van der Waals surface area (Å²) in [5.41, 5.74) is 3.73. The standard InChI is InChI=1S/C22H24BN4O3S.C4H10/c1-4-5-15-6-7-16(10-18(15)14(2)28)19-13-31-22(25-19)26-20(29)11-24-21(30)17-8-9-27(12-17)23-3;1-3-4-2/h6-10,12-13H,4-5,11H2,1-3H3,(H,24,30)(H,25,26,29);3-4H2,1-2H3. The quantitative estimate of drug-likeness (QED) is 0.290. The summed E-state index contributed by atoms with van der Waals surface area (Å²) in [7, 11) is 1.82. The van der Waals surface area contributed by atoms with Gasteiger partial charge in [0.05, 0.1) is 17.8 Å². The zero-order valence-electron chi connectivity index (χ0n) is 21.2. The maximum atomic E-state index is 12.2. The van der Waals surface area contributed by atoms with Gasteiger partial charge >= 0.3 is 0 Å². The molecule has 0 atom stereocenters. The van der Waals surface area contributed by atoms with E-state index in [0.29, 0.717) is 22.0 Å². The molecule has 2 amide bonds. The van der Waals surface area contributed by atoms with Gasteiger partial charge in [0.25, 0.3) is 5.91 Å². The maximum absolute atomic E-state index is 12.2. The largest absolute Gasteiger partial charge is 0.402 e. The van der Waals surface area contributed by atoms with Gasteiger partial charge in [0.1, 0.15) is 0 Å². The fourth-order valence-corrected chi connectivity index (χ4v) is 3.88. The van der Waals surface area contributed by atoms with Crippen LogP contribution in [0.3, 0.4) is 0 Å². The fraction of sp³-hybridized carbons (Fsp3) is 0.385. The molecule has 1 aromatic carbocycles. The second-order valence-corrected chi connectivity index (χ2v) is 8.91. The van der Waals surface area contributed by atoms with Gasteiger partial charge in [-0.05, 0) is 37.2 Å². The van der Waals surface area contributed by atoms with Crippen LogP contribution in [0, 0.1) is 0 Å². The molecule has 3 rings (SSSR count). The number of hydrogen-bond acceptors (Lipinski definition) is 5. The lowest BCUT2D eigenvalue weighted by Crippen LogP contribution is -2.32. The average Bonchev–Trinajstić information content (AvgIpc) is 3.53. The molecule has 0 aliphatic rings. The van der Waals surface area contributed by atoms with Gasteiger partial charge in [-0.1, -0.05) is 59.0 Å². The maximum Gasteiger partial charge on any atom is 0.253 e. The molecule has 3 aromatic rings. The molecular formula is C26H34BN4O3S. The van der Waals surface area contributed by atoms with Crippen molar-refractivity contribution in [3.8, 4) is 11.3 Å². The molecule has 185 valence electrons. The number of aryl methyl sites for hydroxylation is 1. The van der Waals surface area contributed by atoms with Crippen LogP contribution in [0.1, 0.15) is 73.2 Å². The Morgan fingerprint density at radius 3 is 2.43 bits per heavy atom. The van der Waals surface area contributed by atoms with Crippen molar-refractivity contribution in [1.29, 1.82) is 0 Å². The molecule has 0 saturated heterocycles. The molecule has 0 spiro atoms. The fourth-order valence-electron chi connectivity index (χ4n) is 3.15. The normalized spacial score (nSPS) is 10.2. The molecule has 0 aliphatic heterocycles. The van der Waals surface area contributed by atoms with E-state index >= 15 is 0 Å². The number of anilines is 1. The number of aromatic nitrogens is 2. The van der Waals surface area contributed by atoms with E-state index in [1.807, 2.05) is 37.8 Å². The molecule has 1 radical (unpaired) electrons. The van der Waals surface area contributed by atoms with Gasteiger partial charge in [0.15, 0.2) is 10.9 Å². The number of carbonyl (C=O) groups excluding carboxylic acids is 3. The van der Waals surface area contributed by atoms with Crippen molar-refractivity contribution < 1.29 is 14.4 Å². The molecule has 9 heteroatoms. The zero-order valence-corrected chi connectivity index (χ0v) is 22.0. The Hall–Kier alpha value is -3.20. The van der Waals surface area contributed by atoms with Crippen LogP contribution < -0.4 is 10.6 Å². The minimum Gasteiger partial charge on any atom is -0.402 e. The predicted molar refractivity (Wildman–Crippen MR) is 145 cm³/mol. The molecule has 0 fully saturated rings. The van der Waals surface area contributed by atoms with Gasteiger partial charge in [-0.15, -0.1) is 11.3 Å². The van der Waals surface area contributed by atoms with Crippen molar-refractivity contribution in [3.05, 3.63) is 58.7 Å². The van der Waals surface area contributed by atoms with Gasteiger partial charge in [-0.25, -0.2) is 4.98 Å². The van der Waals surface area contributed by atoms with E-state index < -0.39 is 0 Å². The Kier molecular flexibility index (Phi) is 11.4. The molecule has 2 N–H and O–H groups in total. The van der Waals surface area contributed by atoms with Crippen LogP contribution in [0.2, 0.25) is 6.82 Å². The Bertz CT molecular complexity index is 1140. The van der Waals surface area contributed by atoms with Crippen molar-refractivity contribution in [2.75, 3.05) is 11.9 Å². The van der Waals surface area contributed by atoms with Gasteiger partial charge in [0.2, 0.25) is 13.3 Å². The number of thiazole rings is 1. The van der Waals surface area contributed by atoms with E-state index in [0.717, 1.165) is 24.0 Å². The summed E-state index contributed by atoms with van der Waals surface area (Å²) in [5.74, 6) is -0.657. The van der Waals surface area contributed by atoms with Crippen molar-refractivity contribution in [2.45, 2.75) is 60.2 Å². The number of amides is 2. The van der Waals surface area contributed by atoms with Crippen molar-refractivity contribution >= 4 is 41.5 Å². The lowest BCUT2D eigenvalue weighted by molar-refractivity contribution is -0.115.